The normalized spacial score (nSPS) is 11.7. The number of aromatic nitrogens is 4. The average molecular weight is 751 g/mol. The van der Waals surface area contributed by atoms with Crippen LogP contribution in [0.25, 0.3) is 116 Å². The van der Waals surface area contributed by atoms with Crippen LogP contribution >= 0.6 is 0 Å². The van der Waals surface area contributed by atoms with Crippen molar-refractivity contribution in [2.24, 2.45) is 0 Å². The lowest BCUT2D eigenvalue weighted by atomic mass is 9.93. The molecule has 0 bridgehead atoms. The predicted octanol–water partition coefficient (Wildman–Crippen LogP) is 14.2. The molecule has 59 heavy (non-hydrogen) atoms. The molecule has 4 nitrogen and oxygen atoms in total. The first-order valence-corrected chi connectivity index (χ1v) is 20.0. The van der Waals surface area contributed by atoms with Gasteiger partial charge in [0.1, 0.15) is 0 Å². The second-order valence-corrected chi connectivity index (χ2v) is 15.2. The second-order valence-electron chi connectivity index (χ2n) is 15.2. The standard InChI is InChI=1S/C55H34N4/c1-3-15-36(16-4-1)43-24-13-25-46-49(59-50-34-41-22-10-9-21-40(41)33-48(50)45-29-28-37-17-11-12-23-44(37)52(45)59)31-30-47(51(43)46)55-57-53(38-18-5-2-6-19-38)56-54(58-55)42-27-26-35-14-7-8-20-39(35)32-42/h1-34H. The molecule has 0 aliphatic carbocycles. The molecule has 274 valence electrons. The van der Waals surface area contributed by atoms with Crippen LogP contribution in [0.5, 0.6) is 0 Å². The Morgan fingerprint density at radius 3 is 1.68 bits per heavy atom. The highest BCUT2D eigenvalue weighted by atomic mass is 15.0. The summed E-state index contributed by atoms with van der Waals surface area (Å²) in [5, 5.41) is 11.8. The van der Waals surface area contributed by atoms with Crippen molar-refractivity contribution in [2.75, 3.05) is 0 Å². The fraction of sp³-hybridized carbons (Fsp3) is 0. The molecule has 0 N–H and O–H groups in total. The van der Waals surface area contributed by atoms with Gasteiger partial charge in [0.2, 0.25) is 0 Å². The molecule has 4 heteroatoms. The summed E-state index contributed by atoms with van der Waals surface area (Å²) >= 11 is 0. The molecule has 12 aromatic rings. The van der Waals surface area contributed by atoms with Crippen molar-refractivity contribution >= 4 is 64.9 Å². The number of nitrogens with zero attached hydrogens (tertiary/aromatic N) is 4. The first-order valence-electron chi connectivity index (χ1n) is 20.0. The highest BCUT2D eigenvalue weighted by Gasteiger charge is 2.22. The van der Waals surface area contributed by atoms with Gasteiger partial charge in [-0.2, -0.15) is 0 Å². The first kappa shape index (κ1) is 33.2. The van der Waals surface area contributed by atoms with Crippen molar-refractivity contribution in [1.82, 2.24) is 19.5 Å². The smallest absolute Gasteiger partial charge is 0.164 e. The van der Waals surface area contributed by atoms with Gasteiger partial charge in [-0.05, 0) is 68.4 Å². The maximum atomic E-state index is 5.33. The van der Waals surface area contributed by atoms with E-state index in [-0.39, 0.29) is 0 Å². The minimum Gasteiger partial charge on any atom is -0.308 e. The van der Waals surface area contributed by atoms with E-state index in [9.17, 15) is 0 Å². The van der Waals surface area contributed by atoms with Crippen molar-refractivity contribution in [2.45, 2.75) is 0 Å². The highest BCUT2D eigenvalue weighted by Crippen LogP contribution is 2.44. The molecule has 0 unspecified atom stereocenters. The zero-order chi connectivity index (χ0) is 38.9. The van der Waals surface area contributed by atoms with Crippen LogP contribution in [0, 0.1) is 0 Å². The fourth-order valence-electron chi connectivity index (χ4n) is 9.01. The summed E-state index contributed by atoms with van der Waals surface area (Å²) in [5.74, 6) is 1.89. The maximum Gasteiger partial charge on any atom is 0.164 e. The van der Waals surface area contributed by atoms with E-state index >= 15 is 0 Å². The van der Waals surface area contributed by atoms with Crippen molar-refractivity contribution in [3.8, 4) is 51.0 Å². The van der Waals surface area contributed by atoms with Gasteiger partial charge in [-0.25, -0.2) is 15.0 Å². The first-order chi connectivity index (χ1) is 29.2. The number of benzene rings is 10. The van der Waals surface area contributed by atoms with E-state index in [4.69, 9.17) is 15.0 Å². The van der Waals surface area contributed by atoms with E-state index in [2.05, 4.69) is 193 Å². The lowest BCUT2D eigenvalue weighted by Crippen LogP contribution is -2.02. The van der Waals surface area contributed by atoms with Gasteiger partial charge in [0.25, 0.3) is 0 Å². The summed E-state index contributed by atoms with van der Waals surface area (Å²) in [5.41, 5.74) is 8.52. The molecule has 0 amide bonds. The van der Waals surface area contributed by atoms with Gasteiger partial charge < -0.3 is 4.57 Å². The van der Waals surface area contributed by atoms with E-state index in [1.54, 1.807) is 0 Å². The molecule has 2 aromatic heterocycles. The zero-order valence-corrected chi connectivity index (χ0v) is 31.9. The zero-order valence-electron chi connectivity index (χ0n) is 31.9. The Bertz CT molecular complexity index is 3610. The quantitative estimate of drug-likeness (QED) is 0.176. The average Bonchev–Trinajstić information content (AvgIpc) is 3.63. The number of fused-ring (bicyclic) bond motifs is 8. The molecule has 0 radical (unpaired) electrons. The third kappa shape index (κ3) is 5.42. The van der Waals surface area contributed by atoms with Crippen molar-refractivity contribution in [3.05, 3.63) is 206 Å². The molecule has 0 saturated heterocycles. The highest BCUT2D eigenvalue weighted by molar-refractivity contribution is 6.22. The fourth-order valence-corrected chi connectivity index (χ4v) is 9.01. The summed E-state index contributed by atoms with van der Waals surface area (Å²) < 4.78 is 2.49. The number of hydrogen-bond donors (Lipinski definition) is 0. The molecule has 0 aliphatic rings. The van der Waals surface area contributed by atoms with Crippen LogP contribution in [0.15, 0.2) is 206 Å². The monoisotopic (exact) mass is 750 g/mol. The lowest BCUT2D eigenvalue weighted by Gasteiger charge is -2.18. The van der Waals surface area contributed by atoms with Crippen molar-refractivity contribution < 1.29 is 0 Å². The second kappa shape index (κ2) is 13.3. The largest absolute Gasteiger partial charge is 0.308 e. The molecule has 10 aromatic carbocycles. The van der Waals surface area contributed by atoms with Gasteiger partial charge in [-0.15, -0.1) is 0 Å². The molecular weight excluding hydrogens is 717 g/mol. The molecule has 0 spiro atoms. The van der Waals surface area contributed by atoms with Crippen LogP contribution in [0.3, 0.4) is 0 Å². The molecule has 0 fully saturated rings. The summed E-state index contributed by atoms with van der Waals surface area (Å²) in [6.07, 6.45) is 0. The van der Waals surface area contributed by atoms with Crippen molar-refractivity contribution in [1.29, 1.82) is 0 Å². The minimum atomic E-state index is 0.626. The SMILES string of the molecule is c1ccc(-c2nc(-c3ccc4ccccc4c3)nc(-c3ccc(-n4c5cc6ccccc6cc5c5ccc6ccccc6c54)c4cccc(-c5ccccc5)c34)n2)cc1. The van der Waals surface area contributed by atoms with Gasteiger partial charge in [-0.3, -0.25) is 0 Å². The van der Waals surface area contributed by atoms with E-state index in [0.29, 0.717) is 17.5 Å². The summed E-state index contributed by atoms with van der Waals surface area (Å²) in [6, 6.07) is 73.5. The van der Waals surface area contributed by atoms with Crippen LogP contribution in [0.1, 0.15) is 0 Å². The topological polar surface area (TPSA) is 43.6 Å². The molecule has 2 heterocycles. The lowest BCUT2D eigenvalue weighted by molar-refractivity contribution is 1.08. The van der Waals surface area contributed by atoms with Crippen LogP contribution in [0.2, 0.25) is 0 Å². The van der Waals surface area contributed by atoms with Crippen LogP contribution in [-0.2, 0) is 0 Å². The molecular formula is C55H34N4. The van der Waals surface area contributed by atoms with E-state index in [0.717, 1.165) is 49.7 Å². The van der Waals surface area contributed by atoms with Crippen LogP contribution < -0.4 is 0 Å². The van der Waals surface area contributed by atoms with Crippen molar-refractivity contribution in [3.63, 3.8) is 0 Å². The van der Waals surface area contributed by atoms with E-state index in [1.807, 2.05) is 18.2 Å². The van der Waals surface area contributed by atoms with Gasteiger partial charge in [0, 0.05) is 43.6 Å². The molecule has 0 aliphatic heterocycles. The van der Waals surface area contributed by atoms with Gasteiger partial charge in [-0.1, -0.05) is 176 Å². The van der Waals surface area contributed by atoms with Gasteiger partial charge in [0.05, 0.1) is 16.7 Å². The Balaban J connectivity index is 1.20. The number of hydrogen-bond acceptors (Lipinski definition) is 3. The summed E-state index contributed by atoms with van der Waals surface area (Å²) in [6.45, 7) is 0. The Morgan fingerprint density at radius 2 is 0.898 bits per heavy atom. The Kier molecular flexibility index (Phi) is 7.50. The third-order valence-corrected chi connectivity index (χ3v) is 11.8. The Morgan fingerprint density at radius 1 is 0.305 bits per heavy atom. The van der Waals surface area contributed by atoms with Gasteiger partial charge >= 0.3 is 0 Å². The Hall–Kier alpha value is -7.95. The summed E-state index contributed by atoms with van der Waals surface area (Å²) in [7, 11) is 0. The van der Waals surface area contributed by atoms with E-state index < -0.39 is 0 Å². The minimum absolute atomic E-state index is 0.626. The molecule has 0 saturated carbocycles. The third-order valence-electron chi connectivity index (χ3n) is 11.8. The molecule has 0 atom stereocenters. The number of rotatable bonds is 5. The molecule has 12 rings (SSSR count). The van der Waals surface area contributed by atoms with Crippen LogP contribution in [-0.4, -0.2) is 19.5 Å². The van der Waals surface area contributed by atoms with E-state index in [1.165, 1.54) is 48.7 Å². The maximum absolute atomic E-state index is 5.33. The predicted molar refractivity (Wildman–Crippen MR) is 246 cm³/mol. The van der Waals surface area contributed by atoms with Crippen LogP contribution in [0.4, 0.5) is 0 Å². The van der Waals surface area contributed by atoms with Gasteiger partial charge in [0.15, 0.2) is 17.5 Å². The Labute approximate surface area is 340 Å². The summed E-state index contributed by atoms with van der Waals surface area (Å²) in [4.78, 5) is 15.7.